The monoisotopic (exact) mass is 190 g/mol. The zero-order chi connectivity index (χ0) is 9.97. The Kier molecular flexibility index (Phi) is 2.73. The van der Waals surface area contributed by atoms with Crippen molar-refractivity contribution < 1.29 is 0 Å². The van der Waals surface area contributed by atoms with Gasteiger partial charge in [0.15, 0.2) is 0 Å². The first kappa shape index (κ1) is 9.53. The minimum absolute atomic E-state index is 0.477. The van der Waals surface area contributed by atoms with Crippen LogP contribution in [0.4, 0.5) is 5.69 Å². The van der Waals surface area contributed by atoms with Crippen LogP contribution in [0.25, 0.3) is 0 Å². The molecule has 2 heteroatoms. The second kappa shape index (κ2) is 4.01. The molecular formula is C12H18N2. The molecule has 0 bridgehead atoms. The second-order valence-electron chi connectivity index (χ2n) is 3.92. The Morgan fingerprint density at radius 2 is 2.36 bits per heavy atom. The van der Waals surface area contributed by atoms with Crippen molar-refractivity contribution in [3.8, 4) is 0 Å². The lowest BCUT2D eigenvalue weighted by atomic mass is 9.86. The smallest absolute Gasteiger partial charge is 0.0365 e. The van der Waals surface area contributed by atoms with Gasteiger partial charge in [-0.3, -0.25) is 0 Å². The van der Waals surface area contributed by atoms with Crippen LogP contribution in [0.1, 0.15) is 36.9 Å². The third kappa shape index (κ3) is 1.62. The third-order valence-corrected chi connectivity index (χ3v) is 2.97. The zero-order valence-electron chi connectivity index (χ0n) is 8.72. The number of nitrogen functional groups attached to an aromatic ring is 1. The minimum Gasteiger partial charge on any atom is -0.398 e. The second-order valence-corrected chi connectivity index (χ2v) is 3.92. The largest absolute Gasteiger partial charge is 0.398 e. The van der Waals surface area contributed by atoms with E-state index in [1.807, 2.05) is 6.07 Å². The van der Waals surface area contributed by atoms with Crippen molar-refractivity contribution in [1.82, 2.24) is 5.32 Å². The number of aryl methyl sites for hydroxylation is 1. The molecule has 1 atom stereocenters. The fourth-order valence-corrected chi connectivity index (χ4v) is 2.37. The first-order valence-corrected chi connectivity index (χ1v) is 5.43. The van der Waals surface area contributed by atoms with Gasteiger partial charge < -0.3 is 11.1 Å². The van der Waals surface area contributed by atoms with Gasteiger partial charge in [-0.2, -0.15) is 0 Å². The Balaban J connectivity index is 2.36. The highest BCUT2D eigenvalue weighted by atomic mass is 14.9. The van der Waals surface area contributed by atoms with Crippen LogP contribution in [0.5, 0.6) is 0 Å². The number of nitrogens with one attached hydrogen (secondary N) is 1. The Labute approximate surface area is 85.5 Å². The lowest BCUT2D eigenvalue weighted by Crippen LogP contribution is -2.25. The topological polar surface area (TPSA) is 38.0 Å². The van der Waals surface area contributed by atoms with Crippen LogP contribution in [-0.2, 0) is 6.42 Å². The summed E-state index contributed by atoms with van der Waals surface area (Å²) < 4.78 is 0. The maximum absolute atomic E-state index is 6.02. The molecule has 0 fully saturated rings. The Morgan fingerprint density at radius 1 is 1.50 bits per heavy atom. The van der Waals surface area contributed by atoms with Crippen molar-refractivity contribution in [2.45, 2.75) is 32.2 Å². The van der Waals surface area contributed by atoms with Gasteiger partial charge in [0.2, 0.25) is 0 Å². The molecule has 1 unspecified atom stereocenters. The summed E-state index contributed by atoms with van der Waals surface area (Å²) in [5, 5.41) is 3.50. The average Bonchev–Trinajstić information content (AvgIpc) is 2.19. The van der Waals surface area contributed by atoms with Gasteiger partial charge in [-0.1, -0.05) is 19.1 Å². The molecule has 0 saturated carbocycles. The van der Waals surface area contributed by atoms with Crippen LogP contribution in [-0.4, -0.2) is 6.54 Å². The molecule has 14 heavy (non-hydrogen) atoms. The van der Waals surface area contributed by atoms with E-state index in [0.29, 0.717) is 6.04 Å². The molecule has 76 valence electrons. The normalized spacial score (nSPS) is 20.5. The Hall–Kier alpha value is -1.02. The molecule has 2 nitrogen and oxygen atoms in total. The van der Waals surface area contributed by atoms with Crippen molar-refractivity contribution >= 4 is 5.69 Å². The highest BCUT2D eigenvalue weighted by Crippen LogP contribution is 2.33. The molecule has 2 rings (SSSR count). The van der Waals surface area contributed by atoms with Gasteiger partial charge in [0.05, 0.1) is 0 Å². The van der Waals surface area contributed by atoms with Crippen LogP contribution in [0.3, 0.4) is 0 Å². The molecule has 1 aliphatic carbocycles. The molecule has 0 amide bonds. The van der Waals surface area contributed by atoms with Gasteiger partial charge in [-0.15, -0.1) is 0 Å². The van der Waals surface area contributed by atoms with E-state index in [-0.39, 0.29) is 0 Å². The van der Waals surface area contributed by atoms with Crippen molar-refractivity contribution in [2.75, 3.05) is 12.3 Å². The van der Waals surface area contributed by atoms with Gasteiger partial charge in [-0.05, 0) is 43.0 Å². The molecular weight excluding hydrogens is 172 g/mol. The molecule has 0 spiro atoms. The fraction of sp³-hybridized carbons (Fsp3) is 0.500. The summed E-state index contributed by atoms with van der Waals surface area (Å²) in [4.78, 5) is 0. The summed E-state index contributed by atoms with van der Waals surface area (Å²) in [6.07, 6.45) is 3.67. The number of hydrogen-bond donors (Lipinski definition) is 2. The molecule has 0 saturated heterocycles. The van der Waals surface area contributed by atoms with Crippen LogP contribution in [0.15, 0.2) is 18.2 Å². The summed E-state index contributed by atoms with van der Waals surface area (Å²) in [5.74, 6) is 0. The number of fused-ring (bicyclic) bond motifs is 1. The SMILES string of the molecule is CCNC1CCCc2cccc(N)c21. The van der Waals surface area contributed by atoms with E-state index in [9.17, 15) is 0 Å². The van der Waals surface area contributed by atoms with E-state index in [1.54, 1.807) is 0 Å². The first-order chi connectivity index (χ1) is 6.83. The van der Waals surface area contributed by atoms with Crippen molar-refractivity contribution in [3.05, 3.63) is 29.3 Å². The zero-order valence-corrected chi connectivity index (χ0v) is 8.72. The molecule has 3 N–H and O–H groups in total. The standard InChI is InChI=1S/C12H18N2/c1-2-14-11-8-4-6-9-5-3-7-10(13)12(9)11/h3,5,7,11,14H,2,4,6,8,13H2,1H3. The molecule has 0 aliphatic heterocycles. The van der Waals surface area contributed by atoms with E-state index >= 15 is 0 Å². The predicted octanol–water partition coefficient (Wildman–Crippen LogP) is 2.26. The highest BCUT2D eigenvalue weighted by molar-refractivity contribution is 5.53. The summed E-state index contributed by atoms with van der Waals surface area (Å²) in [6, 6.07) is 6.75. The minimum atomic E-state index is 0.477. The van der Waals surface area contributed by atoms with E-state index < -0.39 is 0 Å². The first-order valence-electron chi connectivity index (χ1n) is 5.43. The maximum Gasteiger partial charge on any atom is 0.0365 e. The molecule has 0 radical (unpaired) electrons. The average molecular weight is 190 g/mol. The molecule has 1 aromatic rings. The Morgan fingerprint density at radius 3 is 3.14 bits per heavy atom. The predicted molar refractivity (Wildman–Crippen MR) is 60.2 cm³/mol. The van der Waals surface area contributed by atoms with E-state index in [1.165, 1.54) is 30.4 Å². The number of benzene rings is 1. The van der Waals surface area contributed by atoms with Gasteiger partial charge in [-0.25, -0.2) is 0 Å². The summed E-state index contributed by atoms with van der Waals surface area (Å²) >= 11 is 0. The summed E-state index contributed by atoms with van der Waals surface area (Å²) in [5.41, 5.74) is 9.75. The Bertz CT molecular complexity index is 320. The third-order valence-electron chi connectivity index (χ3n) is 2.97. The molecule has 0 aromatic heterocycles. The van der Waals surface area contributed by atoms with Gasteiger partial charge in [0, 0.05) is 11.7 Å². The van der Waals surface area contributed by atoms with E-state index in [0.717, 1.165) is 12.2 Å². The molecule has 0 heterocycles. The van der Waals surface area contributed by atoms with Gasteiger partial charge in [0.25, 0.3) is 0 Å². The van der Waals surface area contributed by atoms with Crippen LogP contribution in [0, 0.1) is 0 Å². The van der Waals surface area contributed by atoms with Crippen LogP contribution >= 0.6 is 0 Å². The fourth-order valence-electron chi connectivity index (χ4n) is 2.37. The van der Waals surface area contributed by atoms with Crippen molar-refractivity contribution in [3.63, 3.8) is 0 Å². The maximum atomic E-state index is 6.02. The molecule has 1 aliphatic rings. The lowest BCUT2D eigenvalue weighted by molar-refractivity contribution is 0.473. The van der Waals surface area contributed by atoms with Crippen LogP contribution < -0.4 is 11.1 Å². The number of rotatable bonds is 2. The van der Waals surface area contributed by atoms with E-state index in [4.69, 9.17) is 5.73 Å². The van der Waals surface area contributed by atoms with Crippen molar-refractivity contribution in [2.24, 2.45) is 0 Å². The van der Waals surface area contributed by atoms with Gasteiger partial charge >= 0.3 is 0 Å². The quantitative estimate of drug-likeness (QED) is 0.702. The van der Waals surface area contributed by atoms with Gasteiger partial charge in [0.1, 0.15) is 0 Å². The number of anilines is 1. The van der Waals surface area contributed by atoms with Crippen molar-refractivity contribution in [1.29, 1.82) is 0 Å². The lowest BCUT2D eigenvalue weighted by Gasteiger charge is -2.27. The molecule has 1 aromatic carbocycles. The number of hydrogen-bond acceptors (Lipinski definition) is 2. The summed E-state index contributed by atoms with van der Waals surface area (Å²) in [7, 11) is 0. The summed E-state index contributed by atoms with van der Waals surface area (Å²) in [6.45, 7) is 3.16. The number of nitrogens with two attached hydrogens (primary N) is 1. The van der Waals surface area contributed by atoms with E-state index in [2.05, 4.69) is 24.4 Å². The van der Waals surface area contributed by atoms with Crippen LogP contribution in [0.2, 0.25) is 0 Å². The highest BCUT2D eigenvalue weighted by Gasteiger charge is 2.20.